The van der Waals surface area contributed by atoms with Crippen LogP contribution in [0.25, 0.3) is 10.8 Å². The van der Waals surface area contributed by atoms with Gasteiger partial charge in [0.25, 0.3) is 5.91 Å². The smallest absolute Gasteiger partial charge is 0.254 e. The van der Waals surface area contributed by atoms with Gasteiger partial charge in [0.1, 0.15) is 0 Å². The van der Waals surface area contributed by atoms with Crippen molar-refractivity contribution in [2.24, 2.45) is 11.8 Å². The maximum atomic E-state index is 13.2. The molecule has 0 atom stereocenters. The molecule has 0 aliphatic carbocycles. The molecule has 6 nitrogen and oxygen atoms in total. The van der Waals surface area contributed by atoms with E-state index < -0.39 is 0 Å². The topological polar surface area (TPSA) is 60.9 Å². The minimum Gasteiger partial charge on any atom is -0.342 e. The average Bonchev–Trinajstić information content (AvgIpc) is 3.21. The molecule has 5 rings (SSSR count). The van der Waals surface area contributed by atoms with Gasteiger partial charge in [-0.1, -0.05) is 49.2 Å². The lowest BCUT2D eigenvalue weighted by atomic mass is 9.91. The fraction of sp³-hybridized carbons (Fsp3) is 0.552. The zero-order valence-electron chi connectivity index (χ0n) is 20.7. The third kappa shape index (κ3) is 5.21. The first-order chi connectivity index (χ1) is 17.1. The molecule has 2 aromatic carbocycles. The van der Waals surface area contributed by atoms with Gasteiger partial charge in [-0.3, -0.25) is 14.4 Å². The number of carbonyl (C=O) groups is 3. The summed E-state index contributed by atoms with van der Waals surface area (Å²) >= 11 is 0. The van der Waals surface area contributed by atoms with Crippen LogP contribution in [0.15, 0.2) is 42.5 Å². The van der Waals surface area contributed by atoms with Gasteiger partial charge in [-0.05, 0) is 55.4 Å². The van der Waals surface area contributed by atoms with Crippen LogP contribution in [-0.2, 0) is 9.59 Å². The summed E-state index contributed by atoms with van der Waals surface area (Å²) in [5.74, 6) is 0.615. The largest absolute Gasteiger partial charge is 0.342 e. The lowest BCUT2D eigenvalue weighted by Crippen LogP contribution is -2.48. The maximum Gasteiger partial charge on any atom is 0.254 e. The number of hydrogen-bond donors (Lipinski definition) is 0. The molecule has 0 radical (unpaired) electrons. The molecule has 0 unspecified atom stereocenters. The van der Waals surface area contributed by atoms with E-state index in [-0.39, 0.29) is 23.7 Å². The highest BCUT2D eigenvalue weighted by atomic mass is 16.2. The van der Waals surface area contributed by atoms with Crippen molar-refractivity contribution < 1.29 is 14.4 Å². The van der Waals surface area contributed by atoms with Gasteiger partial charge in [0.2, 0.25) is 11.8 Å². The number of hydrogen-bond acceptors (Lipinski definition) is 3. The first-order valence-electron chi connectivity index (χ1n) is 13.5. The summed E-state index contributed by atoms with van der Waals surface area (Å²) in [6, 6.07) is 13.9. The highest BCUT2D eigenvalue weighted by Crippen LogP contribution is 2.27. The zero-order valence-corrected chi connectivity index (χ0v) is 20.7. The van der Waals surface area contributed by atoms with Gasteiger partial charge in [-0.2, -0.15) is 0 Å². The van der Waals surface area contributed by atoms with Crippen molar-refractivity contribution in [3.8, 4) is 0 Å². The van der Waals surface area contributed by atoms with Crippen LogP contribution in [0.2, 0.25) is 0 Å². The Bertz CT molecular complexity index is 1050. The Hall–Kier alpha value is -2.89. The highest BCUT2D eigenvalue weighted by Gasteiger charge is 2.35. The molecule has 3 saturated heterocycles. The van der Waals surface area contributed by atoms with Crippen molar-refractivity contribution >= 4 is 28.5 Å². The van der Waals surface area contributed by atoms with Crippen molar-refractivity contribution in [3.05, 3.63) is 48.0 Å². The first kappa shape index (κ1) is 23.8. The Morgan fingerprint density at radius 2 is 1.09 bits per heavy atom. The molecular weight excluding hydrogens is 438 g/mol. The van der Waals surface area contributed by atoms with Crippen LogP contribution in [0.3, 0.4) is 0 Å². The fourth-order valence-corrected chi connectivity index (χ4v) is 6.07. The van der Waals surface area contributed by atoms with Gasteiger partial charge in [-0.25, -0.2) is 0 Å². The van der Waals surface area contributed by atoms with Crippen LogP contribution in [-0.4, -0.2) is 71.7 Å². The molecule has 0 aromatic heterocycles. The van der Waals surface area contributed by atoms with E-state index in [2.05, 4.69) is 4.90 Å². The maximum absolute atomic E-state index is 13.2. The molecule has 0 N–H and O–H groups in total. The Morgan fingerprint density at radius 1 is 0.571 bits per heavy atom. The molecule has 6 heteroatoms. The minimum absolute atomic E-state index is 0.0237. The van der Waals surface area contributed by atoms with Crippen LogP contribution in [0.5, 0.6) is 0 Å². The number of piperidine rings is 2. The van der Waals surface area contributed by atoms with Crippen LogP contribution in [0.1, 0.15) is 61.7 Å². The number of nitrogens with zero attached hydrogens (tertiary/aromatic N) is 3. The van der Waals surface area contributed by atoms with Crippen molar-refractivity contribution in [1.29, 1.82) is 0 Å². The fourth-order valence-electron chi connectivity index (χ4n) is 6.07. The summed E-state index contributed by atoms with van der Waals surface area (Å²) in [5.41, 5.74) is 0.740. The first-order valence-corrected chi connectivity index (χ1v) is 13.5. The van der Waals surface area contributed by atoms with Crippen molar-refractivity contribution in [1.82, 2.24) is 14.7 Å². The minimum atomic E-state index is -0.0237. The third-order valence-electron chi connectivity index (χ3n) is 8.23. The summed E-state index contributed by atoms with van der Waals surface area (Å²) < 4.78 is 0. The third-order valence-corrected chi connectivity index (χ3v) is 8.23. The lowest BCUT2D eigenvalue weighted by Gasteiger charge is -2.38. The van der Waals surface area contributed by atoms with E-state index in [0.717, 1.165) is 55.1 Å². The predicted octanol–water partition coefficient (Wildman–Crippen LogP) is 4.33. The second-order valence-electron chi connectivity index (χ2n) is 10.4. The van der Waals surface area contributed by atoms with E-state index >= 15 is 0 Å². The van der Waals surface area contributed by atoms with Crippen LogP contribution in [0.4, 0.5) is 0 Å². The summed E-state index contributed by atoms with van der Waals surface area (Å²) in [5, 5.41) is 2.05. The Kier molecular flexibility index (Phi) is 7.35. The molecule has 3 heterocycles. The predicted molar refractivity (Wildman–Crippen MR) is 137 cm³/mol. The quantitative estimate of drug-likeness (QED) is 0.664. The monoisotopic (exact) mass is 475 g/mol. The number of rotatable bonds is 3. The molecule has 3 aliphatic heterocycles. The van der Waals surface area contributed by atoms with Crippen LogP contribution < -0.4 is 0 Å². The van der Waals surface area contributed by atoms with E-state index in [0.29, 0.717) is 44.9 Å². The number of carbonyl (C=O) groups excluding carboxylic acids is 3. The summed E-state index contributed by atoms with van der Waals surface area (Å²) in [6.07, 6.45) is 7.66. The number of amides is 3. The number of fused-ring (bicyclic) bond motifs is 1. The molecule has 3 amide bonds. The van der Waals surface area contributed by atoms with E-state index in [1.807, 2.05) is 52.3 Å². The van der Waals surface area contributed by atoms with Crippen molar-refractivity contribution in [2.75, 3.05) is 39.3 Å². The van der Waals surface area contributed by atoms with E-state index in [4.69, 9.17) is 0 Å². The number of likely N-dealkylation sites (tertiary alicyclic amines) is 3. The van der Waals surface area contributed by atoms with E-state index in [9.17, 15) is 14.4 Å². The van der Waals surface area contributed by atoms with E-state index in [1.165, 1.54) is 12.8 Å². The molecule has 2 aromatic rings. The molecule has 0 bridgehead atoms. The van der Waals surface area contributed by atoms with Crippen LogP contribution in [0, 0.1) is 11.8 Å². The second-order valence-corrected chi connectivity index (χ2v) is 10.4. The summed E-state index contributed by atoms with van der Waals surface area (Å²) in [7, 11) is 0. The molecule has 0 saturated carbocycles. The van der Waals surface area contributed by atoms with Gasteiger partial charge < -0.3 is 14.7 Å². The molecule has 35 heavy (non-hydrogen) atoms. The molecule has 3 aliphatic rings. The normalized spacial score (nSPS) is 20.6. The van der Waals surface area contributed by atoms with Gasteiger partial charge in [-0.15, -0.1) is 0 Å². The summed E-state index contributed by atoms with van der Waals surface area (Å²) in [6.45, 7) is 4.38. The zero-order chi connectivity index (χ0) is 24.2. The number of benzene rings is 2. The van der Waals surface area contributed by atoms with Gasteiger partial charge >= 0.3 is 0 Å². The van der Waals surface area contributed by atoms with E-state index in [1.54, 1.807) is 0 Å². The van der Waals surface area contributed by atoms with Crippen molar-refractivity contribution in [2.45, 2.75) is 51.4 Å². The molecule has 3 fully saturated rings. The van der Waals surface area contributed by atoms with Crippen LogP contribution >= 0.6 is 0 Å². The second kappa shape index (κ2) is 10.8. The lowest BCUT2D eigenvalue weighted by molar-refractivity contribution is -0.143. The standard InChI is InChI=1S/C29H37N3O3/c33-27(30-16-5-1-2-6-17-30)23-12-18-31(19-13-23)28(34)24-14-20-32(21-15-24)29(35)26-11-7-9-22-8-3-4-10-25(22)26/h3-4,7-11,23-24H,1-2,5-6,12-21H2. The highest BCUT2D eigenvalue weighted by molar-refractivity contribution is 6.07. The Labute approximate surface area is 208 Å². The van der Waals surface area contributed by atoms with Gasteiger partial charge in [0, 0.05) is 56.7 Å². The van der Waals surface area contributed by atoms with Gasteiger partial charge in [0.15, 0.2) is 0 Å². The van der Waals surface area contributed by atoms with Gasteiger partial charge in [0.05, 0.1) is 0 Å². The summed E-state index contributed by atoms with van der Waals surface area (Å²) in [4.78, 5) is 45.4. The SMILES string of the molecule is O=C(c1cccc2ccccc12)N1CCC(C(=O)N2CCC(C(=O)N3CCCCCC3)CC2)CC1. The van der Waals surface area contributed by atoms with Crippen molar-refractivity contribution in [3.63, 3.8) is 0 Å². The average molecular weight is 476 g/mol. The molecule has 0 spiro atoms. The Morgan fingerprint density at radius 3 is 1.71 bits per heavy atom. The molecule has 186 valence electrons. The Balaban J connectivity index is 1.12. The molecular formula is C29H37N3O3.